The van der Waals surface area contributed by atoms with Gasteiger partial charge in [0.15, 0.2) is 0 Å². The van der Waals surface area contributed by atoms with Crippen molar-refractivity contribution in [3.05, 3.63) is 65.2 Å². The van der Waals surface area contributed by atoms with Crippen LogP contribution in [0.5, 0.6) is 0 Å². The Morgan fingerprint density at radius 3 is 2.46 bits per heavy atom. The zero-order chi connectivity index (χ0) is 17.5. The smallest absolute Gasteiger partial charge is 0.338 e. The maximum absolute atomic E-state index is 12.4. The molecule has 2 aromatic carbocycles. The fraction of sp³-hybridized carbons (Fsp3) is 0.263. The van der Waals surface area contributed by atoms with Crippen molar-refractivity contribution >= 4 is 23.6 Å². The zero-order valence-electron chi connectivity index (χ0n) is 14.1. The summed E-state index contributed by atoms with van der Waals surface area (Å²) in [5.74, 6) is -0.0992. The molecule has 0 spiro atoms. The van der Waals surface area contributed by atoms with Crippen molar-refractivity contribution in [2.24, 2.45) is 0 Å². The average Bonchev–Trinajstić information content (AvgIpc) is 2.61. The van der Waals surface area contributed by atoms with E-state index in [1.807, 2.05) is 43.3 Å². The van der Waals surface area contributed by atoms with Crippen LogP contribution in [-0.4, -0.2) is 36.7 Å². The quantitative estimate of drug-likeness (QED) is 0.595. The first kappa shape index (κ1) is 18.1. The van der Waals surface area contributed by atoms with Crippen molar-refractivity contribution in [1.29, 1.82) is 0 Å². The van der Waals surface area contributed by atoms with Gasteiger partial charge in [-0.1, -0.05) is 36.4 Å². The molecule has 2 rings (SSSR count). The summed E-state index contributed by atoms with van der Waals surface area (Å²) in [6.45, 7) is 2.61. The van der Waals surface area contributed by atoms with Crippen molar-refractivity contribution < 1.29 is 14.3 Å². The van der Waals surface area contributed by atoms with E-state index >= 15 is 0 Å². The molecular formula is C19H21NO3S. The Morgan fingerprint density at radius 2 is 1.75 bits per heavy atom. The van der Waals surface area contributed by atoms with E-state index in [4.69, 9.17) is 4.74 Å². The highest BCUT2D eigenvalue weighted by Crippen LogP contribution is 2.23. The third-order valence-corrected chi connectivity index (χ3v) is 4.80. The lowest BCUT2D eigenvalue weighted by molar-refractivity contribution is -0.127. The third-order valence-electron chi connectivity index (χ3n) is 3.74. The highest BCUT2D eigenvalue weighted by atomic mass is 32.2. The van der Waals surface area contributed by atoms with Crippen molar-refractivity contribution in [3.63, 3.8) is 0 Å². The molecule has 0 atom stereocenters. The molecule has 126 valence electrons. The molecule has 0 aliphatic rings. The second-order valence-electron chi connectivity index (χ2n) is 5.45. The van der Waals surface area contributed by atoms with Gasteiger partial charge in [-0.3, -0.25) is 4.79 Å². The molecular weight excluding hydrogens is 322 g/mol. The Hall–Kier alpha value is -2.27. The first-order valence-electron chi connectivity index (χ1n) is 7.61. The number of nitrogens with zero attached hydrogens (tertiary/aromatic N) is 1. The van der Waals surface area contributed by atoms with Crippen molar-refractivity contribution in [1.82, 2.24) is 4.90 Å². The molecule has 0 N–H and O–H groups in total. The van der Waals surface area contributed by atoms with Crippen LogP contribution in [0, 0.1) is 6.92 Å². The molecule has 0 aromatic heterocycles. The van der Waals surface area contributed by atoms with Crippen LogP contribution in [-0.2, 0) is 16.1 Å². The number of methoxy groups -OCH3 is 1. The molecule has 5 heteroatoms. The number of ether oxygens (including phenoxy) is 1. The fourth-order valence-electron chi connectivity index (χ4n) is 2.25. The number of esters is 1. The summed E-state index contributed by atoms with van der Waals surface area (Å²) >= 11 is 1.35. The van der Waals surface area contributed by atoms with Crippen LogP contribution in [0.2, 0.25) is 0 Å². The van der Waals surface area contributed by atoms with Gasteiger partial charge in [-0.25, -0.2) is 4.79 Å². The van der Waals surface area contributed by atoms with Crippen molar-refractivity contribution in [3.8, 4) is 0 Å². The largest absolute Gasteiger partial charge is 0.465 e. The Bertz CT molecular complexity index is 730. The molecule has 0 bridgehead atoms. The fourth-order valence-corrected chi connectivity index (χ4v) is 3.23. The maximum Gasteiger partial charge on any atom is 0.338 e. The van der Waals surface area contributed by atoms with Gasteiger partial charge in [0.25, 0.3) is 0 Å². The van der Waals surface area contributed by atoms with Crippen LogP contribution in [0.4, 0.5) is 0 Å². The molecule has 0 radical (unpaired) electrons. The Morgan fingerprint density at radius 1 is 1.08 bits per heavy atom. The lowest BCUT2D eigenvalue weighted by atomic mass is 10.1. The van der Waals surface area contributed by atoms with Crippen LogP contribution in [0.1, 0.15) is 21.5 Å². The molecule has 2 aromatic rings. The zero-order valence-corrected chi connectivity index (χ0v) is 14.9. The lowest BCUT2D eigenvalue weighted by Gasteiger charge is -2.18. The van der Waals surface area contributed by atoms with Crippen molar-refractivity contribution in [2.45, 2.75) is 18.4 Å². The minimum Gasteiger partial charge on any atom is -0.465 e. The number of benzene rings is 2. The van der Waals surface area contributed by atoms with Gasteiger partial charge in [-0.2, -0.15) is 0 Å². The SMILES string of the molecule is COC(=O)c1ccccc1SCC(=O)N(C)Cc1ccccc1C. The molecule has 0 aliphatic carbocycles. The molecule has 0 unspecified atom stereocenters. The van der Waals surface area contributed by atoms with Gasteiger partial charge < -0.3 is 9.64 Å². The van der Waals surface area contributed by atoms with E-state index in [9.17, 15) is 9.59 Å². The van der Waals surface area contributed by atoms with E-state index in [0.717, 1.165) is 10.5 Å². The van der Waals surface area contributed by atoms with E-state index in [1.54, 1.807) is 24.1 Å². The maximum atomic E-state index is 12.4. The molecule has 0 aliphatic heterocycles. The molecule has 0 heterocycles. The summed E-state index contributed by atoms with van der Waals surface area (Å²) in [4.78, 5) is 26.6. The van der Waals surface area contributed by atoms with Gasteiger partial charge >= 0.3 is 5.97 Å². The second kappa shape index (κ2) is 8.55. The minimum atomic E-state index is -0.390. The number of aryl methyl sites for hydroxylation is 1. The summed E-state index contributed by atoms with van der Waals surface area (Å²) in [5, 5.41) is 0. The number of hydrogen-bond donors (Lipinski definition) is 0. The van der Waals surface area contributed by atoms with Gasteiger partial charge in [0.1, 0.15) is 0 Å². The predicted molar refractivity (Wildman–Crippen MR) is 96.2 cm³/mol. The van der Waals surface area contributed by atoms with Gasteiger partial charge in [0.2, 0.25) is 5.91 Å². The van der Waals surface area contributed by atoms with Crippen LogP contribution < -0.4 is 0 Å². The molecule has 0 fully saturated rings. The van der Waals surface area contributed by atoms with E-state index in [1.165, 1.54) is 24.4 Å². The van der Waals surface area contributed by atoms with E-state index in [-0.39, 0.29) is 17.6 Å². The minimum absolute atomic E-state index is 0.0166. The molecule has 0 saturated carbocycles. The van der Waals surface area contributed by atoms with Gasteiger partial charge in [-0.05, 0) is 30.2 Å². The second-order valence-corrected chi connectivity index (χ2v) is 6.47. The van der Waals surface area contributed by atoms with E-state index in [2.05, 4.69) is 0 Å². The molecule has 24 heavy (non-hydrogen) atoms. The Labute approximate surface area is 146 Å². The van der Waals surface area contributed by atoms with Crippen LogP contribution >= 0.6 is 11.8 Å². The number of hydrogen-bond acceptors (Lipinski definition) is 4. The van der Waals surface area contributed by atoms with Gasteiger partial charge in [0.05, 0.1) is 18.4 Å². The number of carbonyl (C=O) groups excluding carboxylic acids is 2. The van der Waals surface area contributed by atoms with E-state index < -0.39 is 0 Å². The highest BCUT2D eigenvalue weighted by Gasteiger charge is 2.15. The summed E-state index contributed by atoms with van der Waals surface area (Å²) in [7, 11) is 3.15. The summed E-state index contributed by atoms with van der Waals surface area (Å²) in [6, 6.07) is 15.2. The van der Waals surface area contributed by atoms with Crippen LogP contribution in [0.15, 0.2) is 53.4 Å². The molecule has 4 nitrogen and oxygen atoms in total. The van der Waals surface area contributed by atoms with E-state index in [0.29, 0.717) is 12.1 Å². The number of amides is 1. The summed E-state index contributed by atoms with van der Waals surface area (Å²) in [6.07, 6.45) is 0. The van der Waals surface area contributed by atoms with Gasteiger partial charge in [0, 0.05) is 18.5 Å². The number of thioether (sulfide) groups is 1. The average molecular weight is 343 g/mol. The normalized spacial score (nSPS) is 10.3. The standard InChI is InChI=1S/C19H21NO3S/c1-14-8-4-5-9-15(14)12-20(2)18(21)13-24-17-11-7-6-10-16(17)19(22)23-3/h4-11H,12-13H2,1-3H3. The van der Waals surface area contributed by atoms with Gasteiger partial charge in [-0.15, -0.1) is 11.8 Å². The molecule has 0 saturated heterocycles. The summed E-state index contributed by atoms with van der Waals surface area (Å²) in [5.41, 5.74) is 2.79. The number of carbonyl (C=O) groups is 2. The van der Waals surface area contributed by atoms with Crippen molar-refractivity contribution in [2.75, 3.05) is 19.9 Å². The first-order chi connectivity index (χ1) is 11.5. The Kier molecular flexibility index (Phi) is 6.44. The van der Waals surface area contributed by atoms with Crippen LogP contribution in [0.3, 0.4) is 0 Å². The summed E-state index contributed by atoms with van der Waals surface area (Å²) < 4.78 is 4.78. The monoisotopic (exact) mass is 343 g/mol. The predicted octanol–water partition coefficient (Wildman–Crippen LogP) is 3.53. The highest BCUT2D eigenvalue weighted by molar-refractivity contribution is 8.00. The Balaban J connectivity index is 1.98. The third kappa shape index (κ3) is 4.61. The topological polar surface area (TPSA) is 46.6 Å². The molecule has 1 amide bonds. The number of rotatable bonds is 6. The first-order valence-corrected chi connectivity index (χ1v) is 8.60. The lowest BCUT2D eigenvalue weighted by Crippen LogP contribution is -2.28. The van der Waals surface area contributed by atoms with Crippen LogP contribution in [0.25, 0.3) is 0 Å².